The number of nitrogens with zero attached hydrogens (tertiary/aromatic N) is 1. The number of methoxy groups -OCH3 is 1. The standard InChI is InChI=1S/C23H22F2N4O/c1-14-9-16(6-8-26-14)29-17-10-20(24)23(21(25)11-17)27-7-5-15-13-28-22-12-18(30-2)3-4-19(15)22/h3-4,6,8-13,27-28H,5,7H2,1-2H3,(H,26,29). The largest absolute Gasteiger partial charge is 0.497 e. The number of aromatic amines is 1. The van der Waals surface area contributed by atoms with Gasteiger partial charge in [0.05, 0.1) is 7.11 Å². The third-order valence-electron chi connectivity index (χ3n) is 4.90. The average Bonchev–Trinajstić information content (AvgIpc) is 3.12. The highest BCUT2D eigenvalue weighted by molar-refractivity contribution is 5.84. The van der Waals surface area contributed by atoms with Crippen molar-refractivity contribution in [1.82, 2.24) is 9.97 Å². The summed E-state index contributed by atoms with van der Waals surface area (Å²) in [7, 11) is 1.62. The second-order valence-corrected chi connectivity index (χ2v) is 7.03. The van der Waals surface area contributed by atoms with Gasteiger partial charge in [0.1, 0.15) is 11.4 Å². The van der Waals surface area contributed by atoms with Crippen molar-refractivity contribution in [2.24, 2.45) is 0 Å². The van der Waals surface area contributed by atoms with Crippen LogP contribution >= 0.6 is 0 Å². The highest BCUT2D eigenvalue weighted by atomic mass is 19.1. The molecule has 5 nitrogen and oxygen atoms in total. The third kappa shape index (κ3) is 4.20. The lowest BCUT2D eigenvalue weighted by atomic mass is 10.1. The summed E-state index contributed by atoms with van der Waals surface area (Å²) in [5.74, 6) is -0.521. The normalized spacial score (nSPS) is 10.9. The van der Waals surface area contributed by atoms with Crippen LogP contribution in [0, 0.1) is 18.6 Å². The van der Waals surface area contributed by atoms with E-state index in [1.165, 1.54) is 12.1 Å². The Morgan fingerprint density at radius 3 is 2.57 bits per heavy atom. The van der Waals surface area contributed by atoms with Gasteiger partial charge in [-0.25, -0.2) is 8.78 Å². The molecule has 0 aliphatic heterocycles. The Morgan fingerprint density at radius 2 is 1.83 bits per heavy atom. The molecule has 4 aromatic rings. The number of pyridine rings is 1. The number of benzene rings is 2. The molecule has 2 heterocycles. The molecule has 0 atom stereocenters. The van der Waals surface area contributed by atoms with E-state index in [0.717, 1.165) is 33.6 Å². The van der Waals surface area contributed by atoms with Crippen LogP contribution in [0.5, 0.6) is 5.75 Å². The number of aromatic nitrogens is 2. The summed E-state index contributed by atoms with van der Waals surface area (Å²) >= 11 is 0. The van der Waals surface area contributed by atoms with Gasteiger partial charge in [-0.2, -0.15) is 0 Å². The minimum atomic E-state index is -0.646. The summed E-state index contributed by atoms with van der Waals surface area (Å²) in [6.45, 7) is 2.24. The third-order valence-corrected chi connectivity index (χ3v) is 4.90. The number of fused-ring (bicyclic) bond motifs is 1. The van der Waals surface area contributed by atoms with Gasteiger partial charge in [-0.3, -0.25) is 4.98 Å². The lowest BCUT2D eigenvalue weighted by Gasteiger charge is -2.12. The van der Waals surface area contributed by atoms with E-state index in [9.17, 15) is 8.78 Å². The van der Waals surface area contributed by atoms with E-state index in [1.54, 1.807) is 25.4 Å². The van der Waals surface area contributed by atoms with Crippen LogP contribution in [0.15, 0.2) is 54.9 Å². The van der Waals surface area contributed by atoms with E-state index in [0.29, 0.717) is 18.7 Å². The summed E-state index contributed by atoms with van der Waals surface area (Å²) in [6.07, 6.45) is 4.16. The van der Waals surface area contributed by atoms with Crippen LogP contribution in [0.25, 0.3) is 10.9 Å². The van der Waals surface area contributed by atoms with Gasteiger partial charge in [-0.15, -0.1) is 0 Å². The molecule has 0 aliphatic carbocycles. The zero-order valence-corrected chi connectivity index (χ0v) is 16.7. The van der Waals surface area contributed by atoms with Gasteiger partial charge in [0.25, 0.3) is 0 Å². The summed E-state index contributed by atoms with van der Waals surface area (Å²) < 4.78 is 34.3. The van der Waals surface area contributed by atoms with Crippen molar-refractivity contribution in [3.8, 4) is 5.75 Å². The second kappa shape index (κ2) is 8.41. The van der Waals surface area contributed by atoms with Crippen LogP contribution in [-0.2, 0) is 6.42 Å². The van der Waals surface area contributed by atoms with Gasteiger partial charge >= 0.3 is 0 Å². The number of H-pyrrole nitrogens is 1. The molecule has 0 unspecified atom stereocenters. The highest BCUT2D eigenvalue weighted by Gasteiger charge is 2.12. The summed E-state index contributed by atoms with van der Waals surface area (Å²) in [5.41, 5.74) is 3.77. The molecule has 0 spiro atoms. The van der Waals surface area contributed by atoms with Crippen molar-refractivity contribution >= 4 is 28.0 Å². The van der Waals surface area contributed by atoms with Gasteiger partial charge in [0, 0.05) is 53.0 Å². The molecule has 3 N–H and O–H groups in total. The van der Waals surface area contributed by atoms with Crippen molar-refractivity contribution in [1.29, 1.82) is 0 Å². The second-order valence-electron chi connectivity index (χ2n) is 7.03. The number of hydrogen-bond donors (Lipinski definition) is 3. The van der Waals surface area contributed by atoms with Gasteiger partial charge < -0.3 is 20.4 Å². The van der Waals surface area contributed by atoms with Crippen molar-refractivity contribution in [3.63, 3.8) is 0 Å². The van der Waals surface area contributed by atoms with Gasteiger partial charge in [0.15, 0.2) is 11.6 Å². The van der Waals surface area contributed by atoms with Crippen molar-refractivity contribution in [3.05, 3.63) is 77.8 Å². The van der Waals surface area contributed by atoms with Crippen molar-refractivity contribution < 1.29 is 13.5 Å². The van der Waals surface area contributed by atoms with Crippen LogP contribution in [0.1, 0.15) is 11.3 Å². The Balaban J connectivity index is 1.43. The SMILES string of the molecule is COc1ccc2c(CCNc3c(F)cc(Nc4ccnc(C)c4)cc3F)c[nH]c2c1. The maximum atomic E-state index is 14.5. The number of hydrogen-bond acceptors (Lipinski definition) is 4. The minimum absolute atomic E-state index is 0.132. The molecular formula is C23H22F2N4O. The van der Waals surface area contributed by atoms with E-state index in [2.05, 4.69) is 20.6 Å². The van der Waals surface area contributed by atoms with E-state index in [-0.39, 0.29) is 5.69 Å². The molecule has 2 aromatic carbocycles. The molecule has 0 fully saturated rings. The lowest BCUT2D eigenvalue weighted by molar-refractivity contribution is 0.415. The predicted molar refractivity (Wildman–Crippen MR) is 116 cm³/mol. The molecule has 0 saturated heterocycles. The lowest BCUT2D eigenvalue weighted by Crippen LogP contribution is -2.08. The molecule has 0 radical (unpaired) electrons. The van der Waals surface area contributed by atoms with E-state index < -0.39 is 11.6 Å². The number of ether oxygens (including phenoxy) is 1. The van der Waals surface area contributed by atoms with Gasteiger partial charge in [0.2, 0.25) is 0 Å². The van der Waals surface area contributed by atoms with Crippen LogP contribution in [0.2, 0.25) is 0 Å². The van der Waals surface area contributed by atoms with E-state index >= 15 is 0 Å². The number of anilines is 3. The Morgan fingerprint density at radius 1 is 1.03 bits per heavy atom. The fourth-order valence-electron chi connectivity index (χ4n) is 3.43. The number of halogens is 2. The smallest absolute Gasteiger partial charge is 0.151 e. The van der Waals surface area contributed by atoms with Crippen LogP contribution in [-0.4, -0.2) is 23.6 Å². The monoisotopic (exact) mass is 408 g/mol. The quantitative estimate of drug-likeness (QED) is 0.375. The van der Waals surface area contributed by atoms with Crippen LogP contribution in [0.4, 0.5) is 25.8 Å². The first-order valence-electron chi connectivity index (χ1n) is 9.60. The van der Waals surface area contributed by atoms with Crippen LogP contribution in [0.3, 0.4) is 0 Å². The Bertz CT molecular complexity index is 1170. The van der Waals surface area contributed by atoms with Crippen molar-refractivity contribution in [2.75, 3.05) is 24.3 Å². The molecule has 0 aliphatic rings. The Labute approximate surface area is 173 Å². The molecule has 0 amide bonds. The fraction of sp³-hybridized carbons (Fsp3) is 0.174. The first kappa shape index (κ1) is 19.7. The molecular weight excluding hydrogens is 386 g/mol. The van der Waals surface area contributed by atoms with E-state index in [4.69, 9.17) is 4.74 Å². The average molecular weight is 408 g/mol. The van der Waals surface area contributed by atoms with Gasteiger partial charge in [-0.05, 0) is 55.3 Å². The first-order chi connectivity index (χ1) is 14.5. The highest BCUT2D eigenvalue weighted by Crippen LogP contribution is 2.27. The van der Waals surface area contributed by atoms with Crippen LogP contribution < -0.4 is 15.4 Å². The number of rotatable bonds is 7. The molecule has 30 heavy (non-hydrogen) atoms. The molecule has 0 bridgehead atoms. The number of aryl methyl sites for hydroxylation is 1. The Hall–Kier alpha value is -3.61. The summed E-state index contributed by atoms with van der Waals surface area (Å²) in [4.78, 5) is 7.31. The number of nitrogens with one attached hydrogen (secondary N) is 3. The first-order valence-corrected chi connectivity index (χ1v) is 9.60. The molecule has 0 saturated carbocycles. The maximum Gasteiger partial charge on any atom is 0.151 e. The zero-order chi connectivity index (χ0) is 21.1. The maximum absolute atomic E-state index is 14.5. The fourth-order valence-corrected chi connectivity index (χ4v) is 3.43. The topological polar surface area (TPSA) is 62.0 Å². The summed E-state index contributed by atoms with van der Waals surface area (Å²) in [6, 6.07) is 11.9. The van der Waals surface area contributed by atoms with Crippen molar-refractivity contribution in [2.45, 2.75) is 13.3 Å². The predicted octanol–water partition coefficient (Wildman–Crippen LogP) is 5.56. The molecule has 154 valence electrons. The zero-order valence-electron chi connectivity index (χ0n) is 16.7. The summed E-state index contributed by atoms with van der Waals surface area (Å²) in [5, 5.41) is 6.94. The minimum Gasteiger partial charge on any atom is -0.497 e. The van der Waals surface area contributed by atoms with Gasteiger partial charge in [-0.1, -0.05) is 0 Å². The van der Waals surface area contributed by atoms with E-state index in [1.807, 2.05) is 31.3 Å². The molecule has 2 aromatic heterocycles. The molecule has 7 heteroatoms. The molecule has 4 rings (SSSR count). The Kier molecular flexibility index (Phi) is 5.52.